The van der Waals surface area contributed by atoms with Gasteiger partial charge in [-0.2, -0.15) is 0 Å². The van der Waals surface area contributed by atoms with E-state index in [2.05, 4.69) is 17.2 Å². The molecule has 0 saturated heterocycles. The van der Waals surface area contributed by atoms with E-state index in [1.807, 2.05) is 24.7 Å². The Balaban J connectivity index is 2.48. The minimum Gasteiger partial charge on any atom is -0.382 e. The van der Waals surface area contributed by atoms with Gasteiger partial charge in [-0.25, -0.2) is 4.98 Å². The summed E-state index contributed by atoms with van der Waals surface area (Å²) in [5, 5.41) is 13.5. The second kappa shape index (κ2) is 5.28. The summed E-state index contributed by atoms with van der Waals surface area (Å²) in [5.41, 5.74) is -0.848. The second-order valence-corrected chi connectivity index (χ2v) is 4.14. The fourth-order valence-electron chi connectivity index (χ4n) is 1.63. The molecular weight excluding hydrogens is 190 g/mol. The predicted molar refractivity (Wildman–Crippen MR) is 60.6 cm³/mol. The Morgan fingerprint density at radius 3 is 2.80 bits per heavy atom. The summed E-state index contributed by atoms with van der Waals surface area (Å²) in [5.74, 6) is 0.723. The van der Waals surface area contributed by atoms with E-state index < -0.39 is 5.60 Å². The first kappa shape index (κ1) is 12.2. The summed E-state index contributed by atoms with van der Waals surface area (Å²) in [4.78, 5) is 4.17. The molecule has 1 atom stereocenters. The summed E-state index contributed by atoms with van der Waals surface area (Å²) in [6.07, 6.45) is 5.36. The summed E-state index contributed by atoms with van der Waals surface area (Å²) in [6, 6.07) is 0. The Hall–Kier alpha value is -0.870. The van der Waals surface area contributed by atoms with Crippen molar-refractivity contribution in [2.75, 3.05) is 13.1 Å². The maximum atomic E-state index is 10.2. The van der Waals surface area contributed by atoms with Crippen molar-refractivity contribution in [1.29, 1.82) is 0 Å². The molecule has 4 nitrogen and oxygen atoms in total. The lowest BCUT2D eigenvalue weighted by Gasteiger charge is -2.22. The number of hydrogen-bond acceptors (Lipinski definition) is 3. The molecule has 1 aromatic rings. The summed E-state index contributed by atoms with van der Waals surface area (Å²) < 4.78 is 1.86. The summed E-state index contributed by atoms with van der Waals surface area (Å²) in [6.45, 7) is 5.75. The number of aryl methyl sites for hydroxylation is 1. The van der Waals surface area contributed by atoms with E-state index in [0.717, 1.165) is 25.3 Å². The van der Waals surface area contributed by atoms with Gasteiger partial charge in [-0.1, -0.05) is 6.92 Å². The lowest BCUT2D eigenvalue weighted by molar-refractivity contribution is 0.0361. The van der Waals surface area contributed by atoms with Crippen LogP contribution in [0.2, 0.25) is 0 Å². The van der Waals surface area contributed by atoms with Gasteiger partial charge in [-0.15, -0.1) is 0 Å². The van der Waals surface area contributed by atoms with Crippen molar-refractivity contribution in [1.82, 2.24) is 14.9 Å². The highest BCUT2D eigenvalue weighted by atomic mass is 16.3. The SMILES string of the molecule is CCCNCCC(C)(O)c1nccn1C. The van der Waals surface area contributed by atoms with Gasteiger partial charge in [0.05, 0.1) is 0 Å². The lowest BCUT2D eigenvalue weighted by Crippen LogP contribution is -2.30. The lowest BCUT2D eigenvalue weighted by atomic mass is 10.0. The van der Waals surface area contributed by atoms with Crippen LogP contribution in [0.5, 0.6) is 0 Å². The largest absolute Gasteiger partial charge is 0.382 e. The fourth-order valence-corrected chi connectivity index (χ4v) is 1.63. The monoisotopic (exact) mass is 211 g/mol. The minimum atomic E-state index is -0.848. The average molecular weight is 211 g/mol. The van der Waals surface area contributed by atoms with Crippen LogP contribution in [0.25, 0.3) is 0 Å². The van der Waals surface area contributed by atoms with Crippen LogP contribution >= 0.6 is 0 Å². The highest BCUT2D eigenvalue weighted by Crippen LogP contribution is 2.21. The number of nitrogens with one attached hydrogen (secondary N) is 1. The van der Waals surface area contributed by atoms with Crippen molar-refractivity contribution < 1.29 is 5.11 Å². The van der Waals surface area contributed by atoms with Crippen LogP contribution in [0.4, 0.5) is 0 Å². The van der Waals surface area contributed by atoms with Gasteiger partial charge in [0.25, 0.3) is 0 Å². The highest BCUT2D eigenvalue weighted by molar-refractivity contribution is 5.02. The van der Waals surface area contributed by atoms with E-state index in [4.69, 9.17) is 0 Å². The molecule has 4 heteroatoms. The van der Waals surface area contributed by atoms with Crippen LogP contribution in [-0.4, -0.2) is 27.7 Å². The van der Waals surface area contributed by atoms with Gasteiger partial charge in [0, 0.05) is 19.4 Å². The molecule has 0 fully saturated rings. The normalized spacial score (nSPS) is 15.2. The van der Waals surface area contributed by atoms with Gasteiger partial charge in [0.1, 0.15) is 11.4 Å². The van der Waals surface area contributed by atoms with Gasteiger partial charge in [0.2, 0.25) is 0 Å². The molecule has 1 unspecified atom stereocenters. The van der Waals surface area contributed by atoms with E-state index in [1.165, 1.54) is 0 Å². The van der Waals surface area contributed by atoms with Gasteiger partial charge in [-0.3, -0.25) is 0 Å². The molecule has 1 rings (SSSR count). The number of aliphatic hydroxyl groups is 1. The Kier molecular flexibility index (Phi) is 4.29. The molecule has 0 spiro atoms. The van der Waals surface area contributed by atoms with Crippen molar-refractivity contribution >= 4 is 0 Å². The highest BCUT2D eigenvalue weighted by Gasteiger charge is 2.26. The average Bonchev–Trinajstić information content (AvgIpc) is 2.60. The van der Waals surface area contributed by atoms with E-state index >= 15 is 0 Å². The van der Waals surface area contributed by atoms with Crippen LogP contribution in [0.3, 0.4) is 0 Å². The molecule has 86 valence electrons. The molecule has 1 aromatic heterocycles. The summed E-state index contributed by atoms with van der Waals surface area (Å²) >= 11 is 0. The number of imidazole rings is 1. The molecule has 1 heterocycles. The number of rotatable bonds is 6. The molecule has 0 bridgehead atoms. The maximum Gasteiger partial charge on any atom is 0.140 e. The van der Waals surface area contributed by atoms with Crippen LogP contribution in [0.15, 0.2) is 12.4 Å². The zero-order valence-corrected chi connectivity index (χ0v) is 9.82. The zero-order valence-electron chi connectivity index (χ0n) is 9.82. The Morgan fingerprint density at radius 1 is 1.53 bits per heavy atom. The minimum absolute atomic E-state index is 0.678. The van der Waals surface area contributed by atoms with Gasteiger partial charge < -0.3 is 15.0 Å². The van der Waals surface area contributed by atoms with E-state index in [9.17, 15) is 5.11 Å². The molecule has 0 aliphatic carbocycles. The number of aromatic nitrogens is 2. The third kappa shape index (κ3) is 3.32. The molecule has 0 aromatic carbocycles. The first-order chi connectivity index (χ1) is 7.08. The first-order valence-corrected chi connectivity index (χ1v) is 5.49. The van der Waals surface area contributed by atoms with Crippen LogP contribution in [-0.2, 0) is 12.6 Å². The second-order valence-electron chi connectivity index (χ2n) is 4.14. The van der Waals surface area contributed by atoms with Crippen molar-refractivity contribution in [2.24, 2.45) is 7.05 Å². The predicted octanol–water partition coefficient (Wildman–Crippen LogP) is 1.02. The molecular formula is C11H21N3O. The topological polar surface area (TPSA) is 50.1 Å². The van der Waals surface area contributed by atoms with Crippen LogP contribution < -0.4 is 5.32 Å². The Bertz CT molecular complexity index is 294. The van der Waals surface area contributed by atoms with E-state index in [-0.39, 0.29) is 0 Å². The zero-order chi connectivity index (χ0) is 11.3. The molecule has 0 aliphatic heterocycles. The van der Waals surface area contributed by atoms with Crippen molar-refractivity contribution in [3.05, 3.63) is 18.2 Å². The first-order valence-electron chi connectivity index (χ1n) is 5.49. The van der Waals surface area contributed by atoms with Gasteiger partial charge in [-0.05, 0) is 32.9 Å². The maximum absolute atomic E-state index is 10.2. The standard InChI is InChI=1S/C11H21N3O/c1-4-6-12-7-5-11(2,15)10-13-8-9-14(10)3/h8-9,12,15H,4-7H2,1-3H3. The third-order valence-electron chi connectivity index (χ3n) is 2.52. The smallest absolute Gasteiger partial charge is 0.140 e. The van der Waals surface area contributed by atoms with E-state index in [0.29, 0.717) is 6.42 Å². The Labute approximate surface area is 91.3 Å². The van der Waals surface area contributed by atoms with Gasteiger partial charge >= 0.3 is 0 Å². The molecule has 2 N–H and O–H groups in total. The fraction of sp³-hybridized carbons (Fsp3) is 0.727. The molecule has 15 heavy (non-hydrogen) atoms. The quantitative estimate of drug-likeness (QED) is 0.691. The van der Waals surface area contributed by atoms with Crippen molar-refractivity contribution in [3.63, 3.8) is 0 Å². The molecule has 0 amide bonds. The van der Waals surface area contributed by atoms with Crippen LogP contribution in [0, 0.1) is 0 Å². The molecule has 0 aliphatic rings. The van der Waals surface area contributed by atoms with Gasteiger partial charge in [0.15, 0.2) is 0 Å². The number of nitrogens with zero attached hydrogens (tertiary/aromatic N) is 2. The third-order valence-corrected chi connectivity index (χ3v) is 2.52. The summed E-state index contributed by atoms with van der Waals surface area (Å²) in [7, 11) is 1.90. The van der Waals surface area contributed by atoms with Crippen LogP contribution in [0.1, 0.15) is 32.5 Å². The molecule has 0 radical (unpaired) electrons. The van der Waals surface area contributed by atoms with E-state index in [1.54, 1.807) is 6.20 Å². The molecule has 0 saturated carbocycles. The Morgan fingerprint density at radius 2 is 2.27 bits per heavy atom. The van der Waals surface area contributed by atoms with Crippen molar-refractivity contribution in [2.45, 2.75) is 32.3 Å². The van der Waals surface area contributed by atoms with Crippen molar-refractivity contribution in [3.8, 4) is 0 Å². The number of hydrogen-bond donors (Lipinski definition) is 2.